The first-order valence-electron chi connectivity index (χ1n) is 6.95. The van der Waals surface area contributed by atoms with Crippen molar-refractivity contribution in [2.24, 2.45) is 0 Å². The Morgan fingerprint density at radius 2 is 2.29 bits per heavy atom. The van der Waals surface area contributed by atoms with Crippen molar-refractivity contribution < 1.29 is 19.0 Å². The third kappa shape index (κ3) is 4.33. The molecule has 1 aromatic carbocycles. The topological polar surface area (TPSA) is 48.0 Å². The van der Waals surface area contributed by atoms with E-state index in [1.807, 2.05) is 12.1 Å². The molecule has 1 aliphatic heterocycles. The van der Waals surface area contributed by atoms with Gasteiger partial charge in [0.1, 0.15) is 5.75 Å². The van der Waals surface area contributed by atoms with E-state index in [1.54, 1.807) is 0 Å². The minimum absolute atomic E-state index is 0.203. The number of methoxy groups -OCH3 is 1. The first-order valence-corrected chi connectivity index (χ1v) is 7.32. The predicted octanol–water partition coefficient (Wildman–Crippen LogP) is 2.59. The molecule has 1 heterocycles. The summed E-state index contributed by atoms with van der Waals surface area (Å²) in [5.74, 6) is 0.647. The third-order valence-corrected chi connectivity index (χ3v) is 3.67. The molecule has 0 aliphatic carbocycles. The fourth-order valence-corrected chi connectivity index (χ4v) is 2.58. The van der Waals surface area contributed by atoms with Crippen LogP contribution in [-0.4, -0.2) is 37.9 Å². The molecule has 6 heteroatoms. The van der Waals surface area contributed by atoms with Gasteiger partial charge in [0.2, 0.25) is 0 Å². The minimum Gasteiger partial charge on any atom is -0.469 e. The molecule has 0 spiro atoms. The summed E-state index contributed by atoms with van der Waals surface area (Å²) < 4.78 is 15.6. The van der Waals surface area contributed by atoms with Crippen molar-refractivity contribution in [1.29, 1.82) is 0 Å². The number of carbonyl (C=O) groups is 1. The van der Waals surface area contributed by atoms with E-state index in [2.05, 4.69) is 16.6 Å². The van der Waals surface area contributed by atoms with Crippen LogP contribution in [0.2, 0.25) is 5.02 Å². The standard InChI is InChI=1S/C15H20ClNO4/c1-3-17(5-4-14(18)19-2)8-11-6-13(16)7-12-9-20-10-21-15(11)12/h6-7H,3-5,8-10H2,1-2H3. The zero-order valence-corrected chi connectivity index (χ0v) is 13.1. The van der Waals surface area contributed by atoms with Crippen LogP contribution >= 0.6 is 11.6 Å². The molecule has 1 aromatic rings. The van der Waals surface area contributed by atoms with Gasteiger partial charge < -0.3 is 14.2 Å². The van der Waals surface area contributed by atoms with Gasteiger partial charge in [-0.3, -0.25) is 9.69 Å². The van der Waals surface area contributed by atoms with Crippen molar-refractivity contribution >= 4 is 17.6 Å². The Balaban J connectivity index is 2.09. The van der Waals surface area contributed by atoms with Crippen molar-refractivity contribution in [2.45, 2.75) is 26.5 Å². The maximum Gasteiger partial charge on any atom is 0.306 e. The van der Waals surface area contributed by atoms with Crippen molar-refractivity contribution in [2.75, 3.05) is 27.0 Å². The summed E-state index contributed by atoms with van der Waals surface area (Å²) in [6, 6.07) is 3.77. The number of rotatable bonds is 6. The summed E-state index contributed by atoms with van der Waals surface area (Å²) in [5.41, 5.74) is 1.99. The fraction of sp³-hybridized carbons (Fsp3) is 0.533. The number of fused-ring (bicyclic) bond motifs is 1. The van der Waals surface area contributed by atoms with Gasteiger partial charge in [-0.15, -0.1) is 0 Å². The molecule has 0 fully saturated rings. The summed E-state index contributed by atoms with van der Waals surface area (Å²) in [6.45, 7) is 4.97. The van der Waals surface area contributed by atoms with E-state index in [9.17, 15) is 4.79 Å². The Morgan fingerprint density at radius 3 is 3.00 bits per heavy atom. The highest BCUT2D eigenvalue weighted by Crippen LogP contribution is 2.32. The SMILES string of the molecule is CCN(CCC(=O)OC)Cc1cc(Cl)cc2c1OCOC2. The number of carbonyl (C=O) groups excluding carboxylic acids is 1. The molecular weight excluding hydrogens is 294 g/mol. The molecule has 116 valence electrons. The lowest BCUT2D eigenvalue weighted by atomic mass is 10.1. The lowest BCUT2D eigenvalue weighted by Crippen LogP contribution is -2.27. The van der Waals surface area contributed by atoms with Gasteiger partial charge in [-0.05, 0) is 18.7 Å². The van der Waals surface area contributed by atoms with Crippen LogP contribution in [-0.2, 0) is 27.4 Å². The number of benzene rings is 1. The van der Waals surface area contributed by atoms with Crippen molar-refractivity contribution in [3.8, 4) is 5.75 Å². The van der Waals surface area contributed by atoms with Gasteiger partial charge in [-0.25, -0.2) is 0 Å². The van der Waals surface area contributed by atoms with E-state index in [-0.39, 0.29) is 12.8 Å². The van der Waals surface area contributed by atoms with E-state index >= 15 is 0 Å². The molecule has 0 unspecified atom stereocenters. The van der Waals surface area contributed by atoms with Crippen LogP contribution in [0.3, 0.4) is 0 Å². The zero-order chi connectivity index (χ0) is 15.2. The molecule has 0 atom stereocenters. The highest BCUT2D eigenvalue weighted by molar-refractivity contribution is 6.30. The van der Waals surface area contributed by atoms with Crippen LogP contribution in [0.15, 0.2) is 12.1 Å². The molecule has 5 nitrogen and oxygen atoms in total. The summed E-state index contributed by atoms with van der Waals surface area (Å²) >= 11 is 6.15. The smallest absolute Gasteiger partial charge is 0.306 e. The van der Waals surface area contributed by atoms with Crippen LogP contribution < -0.4 is 4.74 Å². The summed E-state index contributed by atoms with van der Waals surface area (Å²) in [7, 11) is 1.40. The second kappa shape index (κ2) is 7.64. The fourth-order valence-electron chi connectivity index (χ4n) is 2.32. The maximum absolute atomic E-state index is 11.3. The second-order valence-corrected chi connectivity index (χ2v) is 5.30. The maximum atomic E-state index is 11.3. The predicted molar refractivity (Wildman–Crippen MR) is 79.3 cm³/mol. The summed E-state index contributed by atoms with van der Waals surface area (Å²) in [4.78, 5) is 13.4. The summed E-state index contributed by atoms with van der Waals surface area (Å²) in [5, 5.41) is 0.668. The van der Waals surface area contributed by atoms with Crippen molar-refractivity contribution in [3.05, 3.63) is 28.3 Å². The van der Waals surface area contributed by atoms with Gasteiger partial charge in [-0.2, -0.15) is 0 Å². The first-order chi connectivity index (χ1) is 10.1. The molecule has 21 heavy (non-hydrogen) atoms. The summed E-state index contributed by atoms with van der Waals surface area (Å²) in [6.07, 6.45) is 0.372. The van der Waals surface area contributed by atoms with Gasteiger partial charge in [0.05, 0.1) is 20.1 Å². The molecule has 2 rings (SSSR count). The van der Waals surface area contributed by atoms with Gasteiger partial charge >= 0.3 is 5.97 Å². The number of halogens is 1. The van der Waals surface area contributed by atoms with E-state index in [0.717, 1.165) is 23.4 Å². The van der Waals surface area contributed by atoms with Crippen LogP contribution in [0.4, 0.5) is 0 Å². The molecule has 0 amide bonds. The quantitative estimate of drug-likeness (QED) is 0.756. The Kier molecular flexibility index (Phi) is 5.85. The van der Waals surface area contributed by atoms with Gasteiger partial charge in [0, 0.05) is 29.2 Å². The van der Waals surface area contributed by atoms with Crippen LogP contribution in [0, 0.1) is 0 Å². The molecule has 0 saturated carbocycles. The van der Waals surface area contributed by atoms with E-state index in [0.29, 0.717) is 31.1 Å². The highest BCUT2D eigenvalue weighted by Gasteiger charge is 2.18. The van der Waals surface area contributed by atoms with Gasteiger partial charge in [0.25, 0.3) is 0 Å². The normalized spacial score (nSPS) is 13.7. The number of hydrogen-bond donors (Lipinski definition) is 0. The van der Waals surface area contributed by atoms with Gasteiger partial charge in [-0.1, -0.05) is 18.5 Å². The molecular formula is C15H20ClNO4. The average Bonchev–Trinajstić information content (AvgIpc) is 2.50. The Labute approximate surface area is 129 Å². The third-order valence-electron chi connectivity index (χ3n) is 3.45. The van der Waals surface area contributed by atoms with E-state index in [4.69, 9.17) is 21.1 Å². The monoisotopic (exact) mass is 313 g/mol. The molecule has 0 aromatic heterocycles. The Bertz CT molecular complexity index is 507. The average molecular weight is 314 g/mol. The van der Waals surface area contributed by atoms with Crippen molar-refractivity contribution in [1.82, 2.24) is 4.90 Å². The lowest BCUT2D eigenvalue weighted by Gasteiger charge is -2.25. The number of ether oxygens (including phenoxy) is 3. The molecule has 0 radical (unpaired) electrons. The molecule has 0 saturated heterocycles. The highest BCUT2D eigenvalue weighted by atomic mass is 35.5. The molecule has 0 N–H and O–H groups in total. The van der Waals surface area contributed by atoms with Crippen LogP contribution in [0.1, 0.15) is 24.5 Å². The van der Waals surface area contributed by atoms with Crippen LogP contribution in [0.25, 0.3) is 0 Å². The molecule has 1 aliphatic rings. The number of esters is 1. The second-order valence-electron chi connectivity index (χ2n) is 4.86. The molecule has 0 bridgehead atoms. The first kappa shape index (κ1) is 16.1. The number of hydrogen-bond acceptors (Lipinski definition) is 5. The van der Waals surface area contributed by atoms with Crippen molar-refractivity contribution in [3.63, 3.8) is 0 Å². The van der Waals surface area contributed by atoms with E-state index < -0.39 is 0 Å². The van der Waals surface area contributed by atoms with E-state index in [1.165, 1.54) is 7.11 Å². The minimum atomic E-state index is -0.203. The largest absolute Gasteiger partial charge is 0.469 e. The van der Waals surface area contributed by atoms with Crippen LogP contribution in [0.5, 0.6) is 5.75 Å². The Morgan fingerprint density at radius 1 is 1.48 bits per heavy atom. The van der Waals surface area contributed by atoms with Gasteiger partial charge in [0.15, 0.2) is 6.79 Å². The Hall–Kier alpha value is -1.30. The number of nitrogens with zero attached hydrogens (tertiary/aromatic N) is 1. The zero-order valence-electron chi connectivity index (χ0n) is 12.4. The lowest BCUT2D eigenvalue weighted by molar-refractivity contribution is -0.141.